The maximum atomic E-state index is 11.1. The lowest BCUT2D eigenvalue weighted by Crippen LogP contribution is -2.44. The van der Waals surface area contributed by atoms with Gasteiger partial charge in [0.15, 0.2) is 0 Å². The SMILES string of the molecule is NC(=O)C1C=NC=CN1c1cn[nH]c1. The van der Waals surface area contributed by atoms with Crippen LogP contribution in [0.25, 0.3) is 0 Å². The van der Waals surface area contributed by atoms with Gasteiger partial charge >= 0.3 is 0 Å². The molecule has 72 valence electrons. The molecule has 1 aliphatic heterocycles. The van der Waals surface area contributed by atoms with Crippen molar-refractivity contribution in [3.8, 4) is 0 Å². The Kier molecular flexibility index (Phi) is 2.02. The predicted octanol–water partition coefficient (Wildman–Crippen LogP) is -0.374. The van der Waals surface area contributed by atoms with E-state index < -0.39 is 11.9 Å². The molecule has 0 aromatic carbocycles. The van der Waals surface area contributed by atoms with E-state index in [2.05, 4.69) is 15.2 Å². The molecule has 6 heteroatoms. The number of nitrogens with zero attached hydrogens (tertiary/aromatic N) is 3. The molecule has 0 radical (unpaired) electrons. The number of hydrogen-bond donors (Lipinski definition) is 2. The fraction of sp³-hybridized carbons (Fsp3) is 0.125. The molecule has 0 saturated carbocycles. The molecule has 0 fully saturated rings. The summed E-state index contributed by atoms with van der Waals surface area (Å²) >= 11 is 0. The van der Waals surface area contributed by atoms with Crippen LogP contribution in [0.15, 0.2) is 29.8 Å². The van der Waals surface area contributed by atoms with E-state index in [0.717, 1.165) is 5.69 Å². The number of amides is 1. The minimum Gasteiger partial charge on any atom is -0.368 e. The molecule has 1 amide bonds. The van der Waals surface area contributed by atoms with Crippen molar-refractivity contribution >= 4 is 17.8 Å². The van der Waals surface area contributed by atoms with Gasteiger partial charge in [-0.1, -0.05) is 0 Å². The Morgan fingerprint density at radius 2 is 2.50 bits per heavy atom. The standard InChI is InChI=1S/C8H9N5O/c9-8(14)7-5-10-1-2-13(7)6-3-11-12-4-6/h1-5,7H,(H2,9,14)(H,11,12). The van der Waals surface area contributed by atoms with Gasteiger partial charge in [-0.2, -0.15) is 5.10 Å². The Hall–Kier alpha value is -2.11. The third kappa shape index (κ3) is 1.37. The van der Waals surface area contributed by atoms with E-state index in [9.17, 15) is 4.79 Å². The fourth-order valence-electron chi connectivity index (χ4n) is 1.25. The molecular formula is C8H9N5O. The largest absolute Gasteiger partial charge is 0.368 e. The molecule has 0 aliphatic carbocycles. The fourth-order valence-corrected chi connectivity index (χ4v) is 1.25. The highest BCUT2D eigenvalue weighted by atomic mass is 16.1. The van der Waals surface area contributed by atoms with Crippen LogP contribution in [0.3, 0.4) is 0 Å². The van der Waals surface area contributed by atoms with Crippen LogP contribution in [-0.2, 0) is 4.79 Å². The molecule has 1 aromatic heterocycles. The number of aromatic amines is 1. The number of aliphatic imine (C=N–C) groups is 1. The average Bonchev–Trinajstić information content (AvgIpc) is 2.70. The Labute approximate surface area is 80.1 Å². The molecule has 0 spiro atoms. The quantitative estimate of drug-likeness (QED) is 0.668. The van der Waals surface area contributed by atoms with E-state index in [-0.39, 0.29) is 0 Å². The van der Waals surface area contributed by atoms with Crippen LogP contribution in [0.4, 0.5) is 5.69 Å². The summed E-state index contributed by atoms with van der Waals surface area (Å²) < 4.78 is 0. The molecule has 1 unspecified atom stereocenters. The third-order valence-electron chi connectivity index (χ3n) is 1.91. The summed E-state index contributed by atoms with van der Waals surface area (Å²) in [7, 11) is 0. The highest BCUT2D eigenvalue weighted by Crippen LogP contribution is 2.16. The second kappa shape index (κ2) is 3.33. The molecule has 1 aliphatic rings. The predicted molar refractivity (Wildman–Crippen MR) is 51.7 cm³/mol. The average molecular weight is 191 g/mol. The summed E-state index contributed by atoms with van der Waals surface area (Å²) in [5.74, 6) is -0.445. The number of carbonyl (C=O) groups is 1. The van der Waals surface area contributed by atoms with Crippen LogP contribution in [0.2, 0.25) is 0 Å². The lowest BCUT2D eigenvalue weighted by molar-refractivity contribution is -0.117. The number of anilines is 1. The highest BCUT2D eigenvalue weighted by Gasteiger charge is 2.22. The second-order valence-corrected chi connectivity index (χ2v) is 2.81. The highest BCUT2D eigenvalue weighted by molar-refractivity contribution is 6.01. The monoisotopic (exact) mass is 191 g/mol. The van der Waals surface area contributed by atoms with E-state index in [4.69, 9.17) is 5.73 Å². The normalized spacial score (nSPS) is 20.0. The van der Waals surface area contributed by atoms with Gasteiger partial charge in [0.2, 0.25) is 5.91 Å². The number of primary amides is 1. The summed E-state index contributed by atoms with van der Waals surface area (Å²) in [6, 6.07) is -0.544. The van der Waals surface area contributed by atoms with Gasteiger partial charge in [-0.25, -0.2) is 0 Å². The van der Waals surface area contributed by atoms with Crippen molar-refractivity contribution < 1.29 is 4.79 Å². The first kappa shape index (κ1) is 8.49. The molecule has 2 heterocycles. The van der Waals surface area contributed by atoms with Gasteiger partial charge in [0.25, 0.3) is 0 Å². The molecular weight excluding hydrogens is 182 g/mol. The summed E-state index contributed by atoms with van der Waals surface area (Å²) in [6.07, 6.45) is 8.06. The Balaban J connectivity index is 2.29. The topological polar surface area (TPSA) is 87.4 Å². The number of nitrogens with one attached hydrogen (secondary N) is 1. The van der Waals surface area contributed by atoms with Crippen LogP contribution in [0.5, 0.6) is 0 Å². The summed E-state index contributed by atoms with van der Waals surface area (Å²) in [4.78, 5) is 16.6. The van der Waals surface area contributed by atoms with E-state index in [1.165, 1.54) is 6.21 Å². The van der Waals surface area contributed by atoms with Crippen LogP contribution in [-0.4, -0.2) is 28.4 Å². The molecule has 3 N–H and O–H groups in total. The van der Waals surface area contributed by atoms with Gasteiger partial charge in [-0.05, 0) is 0 Å². The second-order valence-electron chi connectivity index (χ2n) is 2.81. The van der Waals surface area contributed by atoms with E-state index in [1.807, 2.05) is 0 Å². The molecule has 6 nitrogen and oxygen atoms in total. The number of carbonyl (C=O) groups excluding carboxylic acids is 1. The molecule has 0 saturated heterocycles. The number of H-pyrrole nitrogens is 1. The zero-order valence-electron chi connectivity index (χ0n) is 7.29. The first-order chi connectivity index (χ1) is 6.79. The molecule has 0 bridgehead atoms. The van der Waals surface area contributed by atoms with Crippen molar-refractivity contribution in [1.29, 1.82) is 0 Å². The maximum Gasteiger partial charge on any atom is 0.246 e. The van der Waals surface area contributed by atoms with Crippen molar-refractivity contribution in [2.75, 3.05) is 4.90 Å². The van der Waals surface area contributed by atoms with Gasteiger partial charge in [0, 0.05) is 24.8 Å². The van der Waals surface area contributed by atoms with Gasteiger partial charge in [0.1, 0.15) is 6.04 Å². The van der Waals surface area contributed by atoms with Crippen molar-refractivity contribution in [3.05, 3.63) is 24.8 Å². The van der Waals surface area contributed by atoms with Crippen molar-refractivity contribution in [3.63, 3.8) is 0 Å². The van der Waals surface area contributed by atoms with Crippen molar-refractivity contribution in [2.45, 2.75) is 6.04 Å². The third-order valence-corrected chi connectivity index (χ3v) is 1.91. The van der Waals surface area contributed by atoms with E-state index >= 15 is 0 Å². The van der Waals surface area contributed by atoms with Gasteiger partial charge < -0.3 is 10.6 Å². The summed E-state index contributed by atoms with van der Waals surface area (Å²) in [5, 5.41) is 6.46. The number of hydrogen-bond acceptors (Lipinski definition) is 4. The van der Waals surface area contributed by atoms with Gasteiger partial charge in [-0.15, -0.1) is 0 Å². The number of rotatable bonds is 2. The Morgan fingerprint density at radius 1 is 1.64 bits per heavy atom. The maximum absolute atomic E-state index is 11.1. The van der Waals surface area contributed by atoms with Gasteiger partial charge in [0.05, 0.1) is 11.9 Å². The van der Waals surface area contributed by atoms with Crippen LogP contribution in [0, 0.1) is 0 Å². The zero-order chi connectivity index (χ0) is 9.97. The van der Waals surface area contributed by atoms with Crippen LogP contribution < -0.4 is 10.6 Å². The first-order valence-electron chi connectivity index (χ1n) is 4.05. The van der Waals surface area contributed by atoms with E-state index in [0.29, 0.717) is 0 Å². The molecule has 1 aromatic rings. The van der Waals surface area contributed by atoms with Crippen LogP contribution >= 0.6 is 0 Å². The van der Waals surface area contributed by atoms with Crippen molar-refractivity contribution in [1.82, 2.24) is 10.2 Å². The smallest absolute Gasteiger partial charge is 0.246 e. The number of aromatic nitrogens is 2. The molecule has 1 atom stereocenters. The molecule has 14 heavy (non-hydrogen) atoms. The Bertz CT molecular complexity index is 380. The Morgan fingerprint density at radius 3 is 3.14 bits per heavy atom. The van der Waals surface area contributed by atoms with Gasteiger partial charge in [-0.3, -0.25) is 14.9 Å². The zero-order valence-corrected chi connectivity index (χ0v) is 7.29. The first-order valence-corrected chi connectivity index (χ1v) is 4.05. The molecule has 2 rings (SSSR count). The lowest BCUT2D eigenvalue weighted by Gasteiger charge is -2.25. The van der Waals surface area contributed by atoms with Crippen LogP contribution in [0.1, 0.15) is 0 Å². The number of nitrogens with two attached hydrogens (primary N) is 1. The minimum absolute atomic E-state index is 0.445. The van der Waals surface area contributed by atoms with E-state index in [1.54, 1.807) is 29.7 Å². The summed E-state index contributed by atoms with van der Waals surface area (Å²) in [5.41, 5.74) is 6.00. The summed E-state index contributed by atoms with van der Waals surface area (Å²) in [6.45, 7) is 0. The lowest BCUT2D eigenvalue weighted by atomic mass is 10.2. The van der Waals surface area contributed by atoms with Crippen molar-refractivity contribution in [2.24, 2.45) is 10.7 Å². The minimum atomic E-state index is -0.544.